The number of carbonyl (C=O) groups is 2. The van der Waals surface area contributed by atoms with Crippen LogP contribution in [0.4, 0.5) is 4.79 Å². The number of furan rings is 1. The number of hydroxylamine groups is 2. The second kappa shape index (κ2) is 4.44. The lowest BCUT2D eigenvalue weighted by Crippen LogP contribution is -2.35. The largest absolute Gasteiger partial charge is 0.481 e. The summed E-state index contributed by atoms with van der Waals surface area (Å²) in [7, 11) is -4.87. The summed E-state index contributed by atoms with van der Waals surface area (Å²) in [5.41, 5.74) is 0.451. The van der Waals surface area contributed by atoms with E-state index in [0.29, 0.717) is 10.6 Å². The molecule has 0 spiro atoms. The summed E-state index contributed by atoms with van der Waals surface area (Å²) in [6.45, 7) is 0.0405. The SMILES string of the molecule is O=C(O)C[C@@H]1c2occc2[C@H]2CN1C(=O)N2OS(=O)(=O)O. The van der Waals surface area contributed by atoms with Gasteiger partial charge in [-0.25, -0.2) is 4.79 Å². The molecule has 2 atom stereocenters. The molecule has 0 aliphatic carbocycles. The molecule has 10 nitrogen and oxygen atoms in total. The Bertz CT molecular complexity index is 710. The Hall–Kier alpha value is -2.11. The third-order valence-electron chi connectivity index (χ3n) is 3.39. The predicted molar refractivity (Wildman–Crippen MR) is 63.0 cm³/mol. The molecule has 21 heavy (non-hydrogen) atoms. The number of carboxylic acid groups (broad SMARTS) is 1. The van der Waals surface area contributed by atoms with Crippen LogP contribution in [0.2, 0.25) is 0 Å². The summed E-state index contributed by atoms with van der Waals surface area (Å²) in [6.07, 6.45) is 0.927. The molecule has 0 unspecified atom stereocenters. The number of hydrogen-bond donors (Lipinski definition) is 2. The summed E-state index contributed by atoms with van der Waals surface area (Å²) in [5, 5.41) is 9.44. The highest BCUT2D eigenvalue weighted by atomic mass is 32.3. The van der Waals surface area contributed by atoms with Crippen LogP contribution in [0, 0.1) is 0 Å². The van der Waals surface area contributed by atoms with Gasteiger partial charge in [0.25, 0.3) is 0 Å². The summed E-state index contributed by atoms with van der Waals surface area (Å²) < 4.78 is 39.9. The molecule has 3 rings (SSSR count). The Morgan fingerprint density at radius 1 is 1.52 bits per heavy atom. The quantitative estimate of drug-likeness (QED) is 0.757. The van der Waals surface area contributed by atoms with Crippen molar-refractivity contribution in [2.24, 2.45) is 0 Å². The van der Waals surface area contributed by atoms with E-state index in [1.807, 2.05) is 0 Å². The highest BCUT2D eigenvalue weighted by Gasteiger charge is 2.51. The molecule has 1 aromatic rings. The van der Waals surface area contributed by atoms with E-state index < -0.39 is 40.9 Å². The second-order valence-electron chi connectivity index (χ2n) is 4.63. The number of rotatable bonds is 4. The van der Waals surface area contributed by atoms with Crippen molar-refractivity contribution >= 4 is 22.4 Å². The number of amides is 2. The van der Waals surface area contributed by atoms with Gasteiger partial charge < -0.3 is 14.4 Å². The summed E-state index contributed by atoms with van der Waals surface area (Å²) in [6, 6.07) is -0.995. The first-order valence-electron chi connectivity index (χ1n) is 5.84. The zero-order valence-electron chi connectivity index (χ0n) is 10.4. The number of fused-ring (bicyclic) bond motifs is 4. The molecule has 1 saturated heterocycles. The van der Waals surface area contributed by atoms with Crippen LogP contribution in [0.15, 0.2) is 16.7 Å². The van der Waals surface area contributed by atoms with E-state index in [0.717, 1.165) is 4.90 Å². The van der Waals surface area contributed by atoms with Gasteiger partial charge in [0.05, 0.1) is 19.2 Å². The van der Waals surface area contributed by atoms with Crippen molar-refractivity contribution in [2.45, 2.75) is 18.5 Å². The van der Waals surface area contributed by atoms with Gasteiger partial charge in [-0.1, -0.05) is 0 Å². The maximum Gasteiger partial charge on any atom is 0.418 e. The highest BCUT2D eigenvalue weighted by molar-refractivity contribution is 7.80. The zero-order valence-corrected chi connectivity index (χ0v) is 11.2. The van der Waals surface area contributed by atoms with Crippen LogP contribution < -0.4 is 0 Å². The average molecular weight is 318 g/mol. The van der Waals surface area contributed by atoms with Crippen molar-refractivity contribution in [1.82, 2.24) is 9.96 Å². The van der Waals surface area contributed by atoms with E-state index in [4.69, 9.17) is 14.1 Å². The number of nitrogens with zero attached hydrogens (tertiary/aromatic N) is 2. The van der Waals surface area contributed by atoms with Crippen LogP contribution >= 0.6 is 0 Å². The van der Waals surface area contributed by atoms with Crippen molar-refractivity contribution in [3.8, 4) is 0 Å². The molecule has 2 aliphatic rings. The molecular weight excluding hydrogens is 308 g/mol. The van der Waals surface area contributed by atoms with Crippen molar-refractivity contribution in [3.63, 3.8) is 0 Å². The van der Waals surface area contributed by atoms with Gasteiger partial charge in [0.2, 0.25) is 0 Å². The lowest BCUT2D eigenvalue weighted by atomic mass is 9.97. The van der Waals surface area contributed by atoms with Gasteiger partial charge in [0.1, 0.15) is 17.8 Å². The number of carbonyl (C=O) groups excluding carboxylic acids is 1. The summed E-state index contributed by atoms with van der Waals surface area (Å²) in [5.74, 6) is -0.869. The molecule has 2 bridgehead atoms. The lowest BCUT2D eigenvalue weighted by Gasteiger charge is -2.28. The summed E-state index contributed by atoms with van der Waals surface area (Å²) in [4.78, 5) is 24.2. The van der Waals surface area contributed by atoms with Gasteiger partial charge in [0.15, 0.2) is 0 Å². The molecule has 2 amide bonds. The smallest absolute Gasteiger partial charge is 0.418 e. The van der Waals surface area contributed by atoms with Gasteiger partial charge in [-0.2, -0.15) is 13.5 Å². The third kappa shape index (κ3) is 2.24. The van der Waals surface area contributed by atoms with E-state index in [2.05, 4.69) is 4.28 Å². The van der Waals surface area contributed by atoms with Crippen molar-refractivity contribution in [2.75, 3.05) is 6.54 Å². The van der Waals surface area contributed by atoms with E-state index in [1.165, 1.54) is 12.3 Å². The minimum atomic E-state index is -4.87. The fourth-order valence-electron chi connectivity index (χ4n) is 2.66. The highest BCUT2D eigenvalue weighted by Crippen LogP contribution is 2.45. The van der Waals surface area contributed by atoms with E-state index >= 15 is 0 Å². The predicted octanol–water partition coefficient (Wildman–Crippen LogP) is 0.322. The van der Waals surface area contributed by atoms with E-state index in [1.54, 1.807) is 0 Å². The first kappa shape index (κ1) is 13.9. The minimum Gasteiger partial charge on any atom is -0.481 e. The molecule has 0 saturated carbocycles. The molecule has 114 valence electrons. The van der Waals surface area contributed by atoms with Gasteiger partial charge in [-0.15, -0.1) is 4.28 Å². The average Bonchev–Trinajstić information content (AvgIpc) is 2.91. The molecule has 3 heterocycles. The van der Waals surface area contributed by atoms with Crippen LogP contribution in [0.3, 0.4) is 0 Å². The first-order chi connectivity index (χ1) is 9.78. The Morgan fingerprint density at radius 3 is 2.86 bits per heavy atom. The van der Waals surface area contributed by atoms with Crippen LogP contribution in [0.5, 0.6) is 0 Å². The Labute approximate surface area is 118 Å². The van der Waals surface area contributed by atoms with Gasteiger partial charge in [-0.3, -0.25) is 9.35 Å². The van der Waals surface area contributed by atoms with E-state index in [-0.39, 0.29) is 12.3 Å². The monoisotopic (exact) mass is 318 g/mol. The van der Waals surface area contributed by atoms with Crippen LogP contribution in [-0.2, 0) is 19.5 Å². The van der Waals surface area contributed by atoms with Crippen molar-refractivity contribution in [3.05, 3.63) is 23.7 Å². The molecule has 2 aliphatic heterocycles. The molecule has 0 radical (unpaired) electrons. The molecule has 0 aromatic carbocycles. The fourth-order valence-corrected chi connectivity index (χ4v) is 3.03. The van der Waals surface area contributed by atoms with Crippen LogP contribution in [-0.4, -0.2) is 46.6 Å². The molecular formula is C10H10N2O8S. The van der Waals surface area contributed by atoms with Crippen LogP contribution in [0.25, 0.3) is 0 Å². The van der Waals surface area contributed by atoms with Crippen molar-refractivity contribution in [1.29, 1.82) is 0 Å². The lowest BCUT2D eigenvalue weighted by molar-refractivity contribution is -0.138. The number of hydrogen-bond acceptors (Lipinski definition) is 6. The van der Waals surface area contributed by atoms with Crippen molar-refractivity contribution < 1.29 is 36.4 Å². The molecule has 2 N–H and O–H groups in total. The standard InChI is InChI=1S/C10H10N2O8S/c13-8(14)3-6-9-5(1-2-19-9)7-4-11(6)10(15)12(7)20-21(16,17)18/h1-2,6-7H,3-4H2,(H,13,14)(H,16,17,18)/t6-,7-/m1/s1. The molecule has 1 aromatic heterocycles. The molecule has 11 heteroatoms. The number of aliphatic carboxylic acids is 1. The minimum absolute atomic E-state index is 0.0405. The van der Waals surface area contributed by atoms with Gasteiger partial charge in [-0.05, 0) is 6.07 Å². The first-order valence-corrected chi connectivity index (χ1v) is 7.20. The van der Waals surface area contributed by atoms with Gasteiger partial charge >= 0.3 is 22.4 Å². The second-order valence-corrected chi connectivity index (χ2v) is 5.64. The van der Waals surface area contributed by atoms with Gasteiger partial charge in [0, 0.05) is 5.56 Å². The maximum absolute atomic E-state index is 12.1. The maximum atomic E-state index is 12.1. The summed E-state index contributed by atoms with van der Waals surface area (Å²) >= 11 is 0. The fraction of sp³-hybridized carbons (Fsp3) is 0.400. The molecule has 1 fully saturated rings. The number of carboxylic acids is 1. The number of urea groups is 1. The van der Waals surface area contributed by atoms with E-state index in [9.17, 15) is 18.0 Å². The Morgan fingerprint density at radius 2 is 2.24 bits per heavy atom. The third-order valence-corrected chi connectivity index (χ3v) is 3.74. The van der Waals surface area contributed by atoms with Crippen LogP contribution in [0.1, 0.15) is 29.8 Å². The topological polar surface area (TPSA) is 138 Å². The zero-order chi connectivity index (χ0) is 15.4. The Balaban J connectivity index is 2.01. The Kier molecular flexibility index (Phi) is 2.93. The normalized spacial score (nSPS) is 24.3.